The minimum Gasteiger partial charge on any atom is -0.433 e. The van der Waals surface area contributed by atoms with Gasteiger partial charge in [-0.1, -0.05) is 18.2 Å². The molecule has 3 aromatic carbocycles. The highest BCUT2D eigenvalue weighted by molar-refractivity contribution is 5.90. The van der Waals surface area contributed by atoms with Gasteiger partial charge in [-0.2, -0.15) is 8.78 Å². The van der Waals surface area contributed by atoms with E-state index in [2.05, 4.69) is 9.97 Å². The molecule has 0 amide bonds. The van der Waals surface area contributed by atoms with Crippen molar-refractivity contribution in [2.24, 2.45) is 0 Å². The molecule has 5 aromatic rings. The van der Waals surface area contributed by atoms with E-state index in [9.17, 15) is 26.7 Å². The van der Waals surface area contributed by atoms with E-state index in [1.807, 2.05) is 0 Å². The lowest BCUT2D eigenvalue weighted by Crippen LogP contribution is -2.19. The maximum Gasteiger partial charge on any atom is 0.394 e. The molecule has 1 atom stereocenters. The molecule has 0 unspecified atom stereocenters. The van der Waals surface area contributed by atoms with E-state index >= 15 is 0 Å². The number of rotatable bonds is 10. The van der Waals surface area contributed by atoms with Gasteiger partial charge in [0.05, 0.1) is 5.69 Å². The number of alkyl halides is 2. The van der Waals surface area contributed by atoms with Gasteiger partial charge in [0.15, 0.2) is 0 Å². The van der Waals surface area contributed by atoms with E-state index in [1.54, 1.807) is 36.5 Å². The summed E-state index contributed by atoms with van der Waals surface area (Å²) >= 11 is 0. The van der Waals surface area contributed by atoms with Crippen LogP contribution in [0.25, 0.3) is 22.0 Å². The van der Waals surface area contributed by atoms with Crippen LogP contribution in [0.3, 0.4) is 0 Å². The van der Waals surface area contributed by atoms with Crippen LogP contribution in [-0.2, 0) is 17.6 Å². The molecule has 1 N–H and O–H groups in total. The first-order valence-corrected chi connectivity index (χ1v) is 12.9. The molecule has 4 nitrogen and oxygen atoms in total. The van der Waals surface area contributed by atoms with Crippen molar-refractivity contribution in [3.63, 3.8) is 0 Å². The molecule has 0 saturated carbocycles. The number of hydrogen-bond donors (Lipinski definition) is 1. The lowest BCUT2D eigenvalue weighted by Gasteiger charge is -2.20. The lowest BCUT2D eigenvalue weighted by molar-refractivity contribution is -0.158. The Hall–Kier alpha value is -4.53. The molecule has 0 bridgehead atoms. The SMILES string of the molecule is CC(F)(F)Oc1cccc(-c2cccnc2[C@@H](CC(=O)Cc2c[nH]c3ccc(F)cc23)Cc2cc(F)cc(F)c2)c1. The van der Waals surface area contributed by atoms with Crippen LogP contribution in [0.15, 0.2) is 85.2 Å². The van der Waals surface area contributed by atoms with Crippen molar-refractivity contribution in [1.82, 2.24) is 9.97 Å². The minimum absolute atomic E-state index is 0.00542. The summed E-state index contributed by atoms with van der Waals surface area (Å²) in [6.45, 7) is 0.636. The Morgan fingerprint density at radius 1 is 0.951 bits per heavy atom. The van der Waals surface area contributed by atoms with Crippen LogP contribution in [0.5, 0.6) is 5.75 Å². The summed E-state index contributed by atoms with van der Waals surface area (Å²) in [7, 11) is 0. The molecule has 0 aliphatic rings. The average Bonchev–Trinajstić information content (AvgIpc) is 3.28. The molecular weight excluding hydrogens is 539 g/mol. The zero-order valence-corrected chi connectivity index (χ0v) is 21.9. The van der Waals surface area contributed by atoms with Crippen LogP contribution in [0.2, 0.25) is 0 Å². The fourth-order valence-electron chi connectivity index (χ4n) is 5.06. The van der Waals surface area contributed by atoms with Gasteiger partial charge in [-0.15, -0.1) is 0 Å². The molecule has 9 heteroatoms. The van der Waals surface area contributed by atoms with Gasteiger partial charge >= 0.3 is 6.11 Å². The van der Waals surface area contributed by atoms with E-state index in [0.29, 0.717) is 45.8 Å². The van der Waals surface area contributed by atoms with E-state index in [0.717, 1.165) is 6.07 Å². The number of carbonyl (C=O) groups excluding carboxylic acids is 1. The predicted octanol–water partition coefficient (Wildman–Crippen LogP) is 8.17. The van der Waals surface area contributed by atoms with Crippen molar-refractivity contribution in [1.29, 1.82) is 0 Å². The van der Waals surface area contributed by atoms with Gasteiger partial charge in [0.2, 0.25) is 0 Å². The Kier molecular flexibility index (Phi) is 7.88. The first-order chi connectivity index (χ1) is 19.5. The summed E-state index contributed by atoms with van der Waals surface area (Å²) in [5, 5.41) is 0.588. The van der Waals surface area contributed by atoms with Gasteiger partial charge in [0.25, 0.3) is 0 Å². The zero-order chi connectivity index (χ0) is 29.1. The second kappa shape index (κ2) is 11.5. The second-order valence-corrected chi connectivity index (χ2v) is 9.98. The summed E-state index contributed by atoms with van der Waals surface area (Å²) in [6.07, 6.45) is -0.179. The molecule has 5 rings (SSSR count). The number of pyridine rings is 1. The van der Waals surface area contributed by atoms with Gasteiger partial charge in [-0.25, -0.2) is 13.2 Å². The van der Waals surface area contributed by atoms with E-state index in [1.165, 1.54) is 42.6 Å². The number of halogens is 5. The van der Waals surface area contributed by atoms with Crippen LogP contribution >= 0.6 is 0 Å². The number of carbonyl (C=O) groups is 1. The molecule has 2 aromatic heterocycles. The summed E-state index contributed by atoms with van der Waals surface area (Å²) < 4.78 is 73.8. The third-order valence-electron chi connectivity index (χ3n) is 6.66. The monoisotopic (exact) mass is 564 g/mol. The first kappa shape index (κ1) is 28.0. The number of aromatic amines is 1. The van der Waals surface area contributed by atoms with E-state index < -0.39 is 29.5 Å². The lowest BCUT2D eigenvalue weighted by atomic mass is 9.86. The number of aromatic nitrogens is 2. The fourth-order valence-corrected chi connectivity index (χ4v) is 5.06. The van der Waals surface area contributed by atoms with Crippen molar-refractivity contribution in [2.75, 3.05) is 0 Å². The summed E-state index contributed by atoms with van der Waals surface area (Å²) in [6, 6.07) is 16.9. The van der Waals surface area contributed by atoms with Crippen molar-refractivity contribution in [3.05, 3.63) is 119 Å². The van der Waals surface area contributed by atoms with Crippen molar-refractivity contribution < 1.29 is 31.5 Å². The fraction of sp³-hybridized carbons (Fsp3) is 0.188. The van der Waals surface area contributed by atoms with Gasteiger partial charge in [0.1, 0.15) is 29.0 Å². The molecule has 0 fully saturated rings. The maximum absolute atomic E-state index is 14.1. The van der Waals surface area contributed by atoms with Gasteiger partial charge in [-0.3, -0.25) is 9.78 Å². The van der Waals surface area contributed by atoms with E-state index in [-0.39, 0.29) is 30.8 Å². The molecule has 0 aliphatic heterocycles. The summed E-state index contributed by atoms with van der Waals surface area (Å²) in [5.41, 5.74) is 3.16. The summed E-state index contributed by atoms with van der Waals surface area (Å²) in [4.78, 5) is 21.0. The van der Waals surface area contributed by atoms with E-state index in [4.69, 9.17) is 4.74 Å². The number of hydrogen-bond acceptors (Lipinski definition) is 3. The number of H-pyrrole nitrogens is 1. The second-order valence-electron chi connectivity index (χ2n) is 9.98. The van der Waals surface area contributed by atoms with Crippen LogP contribution in [0.4, 0.5) is 22.0 Å². The standard InChI is InChI=1S/C32H25F5N2O2/c1-32(36,37)41-27-5-2-4-20(15-27)28-6-3-9-38-31(28)21(10-19-11-24(34)16-25(35)12-19)13-26(40)14-22-18-39-30-8-7-23(33)17-29(22)30/h2-9,11-12,15-18,21,39H,10,13-14H2,1H3/t21-/m1/s1. The smallest absolute Gasteiger partial charge is 0.394 e. The maximum atomic E-state index is 14.1. The summed E-state index contributed by atoms with van der Waals surface area (Å²) in [5.74, 6) is -2.82. The Morgan fingerprint density at radius 2 is 1.73 bits per heavy atom. The molecule has 0 saturated heterocycles. The normalized spacial score (nSPS) is 12.4. The molecule has 0 spiro atoms. The molecular formula is C32H25F5N2O2. The third-order valence-corrected chi connectivity index (χ3v) is 6.66. The minimum atomic E-state index is -3.39. The largest absolute Gasteiger partial charge is 0.433 e. The van der Waals surface area contributed by atoms with Gasteiger partial charge < -0.3 is 9.72 Å². The number of ether oxygens (including phenoxy) is 1. The quantitative estimate of drug-likeness (QED) is 0.174. The van der Waals surface area contributed by atoms with Crippen LogP contribution in [0, 0.1) is 17.5 Å². The number of ketones is 1. The third kappa shape index (κ3) is 6.98. The number of fused-ring (bicyclic) bond motifs is 1. The Bertz CT molecular complexity index is 1690. The average molecular weight is 565 g/mol. The Morgan fingerprint density at radius 3 is 2.49 bits per heavy atom. The number of benzene rings is 3. The number of Topliss-reactive ketones (excluding diaryl/α,β-unsaturated/α-hetero) is 1. The van der Waals surface area contributed by atoms with Crippen LogP contribution in [0.1, 0.15) is 36.1 Å². The number of nitrogens with one attached hydrogen (secondary N) is 1. The zero-order valence-electron chi connectivity index (χ0n) is 21.9. The molecule has 2 heterocycles. The molecule has 0 radical (unpaired) electrons. The first-order valence-electron chi connectivity index (χ1n) is 12.9. The number of nitrogens with zero attached hydrogens (tertiary/aromatic N) is 1. The molecule has 41 heavy (non-hydrogen) atoms. The van der Waals surface area contributed by atoms with Gasteiger partial charge in [-0.05, 0) is 71.6 Å². The highest BCUT2D eigenvalue weighted by Crippen LogP contribution is 2.35. The molecule has 0 aliphatic carbocycles. The Balaban J connectivity index is 1.50. The van der Waals surface area contributed by atoms with Crippen LogP contribution < -0.4 is 4.74 Å². The highest BCUT2D eigenvalue weighted by atomic mass is 19.3. The predicted molar refractivity (Wildman–Crippen MR) is 145 cm³/mol. The van der Waals surface area contributed by atoms with Crippen molar-refractivity contribution >= 4 is 16.7 Å². The Labute approximate surface area is 232 Å². The van der Waals surface area contributed by atoms with Gasteiger partial charge in [0, 0.05) is 60.6 Å². The van der Waals surface area contributed by atoms with Crippen molar-refractivity contribution in [2.45, 2.75) is 38.2 Å². The highest BCUT2D eigenvalue weighted by Gasteiger charge is 2.25. The topological polar surface area (TPSA) is 55.0 Å². The van der Waals surface area contributed by atoms with Crippen LogP contribution in [-0.4, -0.2) is 21.9 Å². The molecule has 210 valence electrons. The van der Waals surface area contributed by atoms with Crippen molar-refractivity contribution in [3.8, 4) is 16.9 Å².